The quantitative estimate of drug-likeness (QED) is 0.0287. The number of likely N-dealkylation sites (tertiary alicyclic amines) is 1. The molecule has 1 aliphatic heterocycles. The van der Waals surface area contributed by atoms with Crippen LogP contribution in [0, 0.1) is 41.4 Å². The lowest BCUT2D eigenvalue weighted by Gasteiger charge is -2.32. The van der Waals surface area contributed by atoms with Gasteiger partial charge in [0, 0.05) is 62.4 Å². The molecule has 2 aromatic heterocycles. The highest BCUT2D eigenvalue weighted by molar-refractivity contribution is 6.01. The van der Waals surface area contributed by atoms with Crippen molar-refractivity contribution in [3.63, 3.8) is 0 Å². The van der Waals surface area contributed by atoms with Crippen molar-refractivity contribution in [1.82, 2.24) is 94.0 Å². The highest BCUT2D eigenvalue weighted by Gasteiger charge is 2.43. The van der Waals surface area contributed by atoms with Crippen LogP contribution in [0.1, 0.15) is 210 Å². The number of carbonyl (C=O) groups is 18. The summed E-state index contributed by atoms with van der Waals surface area (Å²) in [7, 11) is 0. The summed E-state index contributed by atoms with van der Waals surface area (Å²) in [4.78, 5) is 266. The summed E-state index contributed by atoms with van der Waals surface area (Å²) < 4.78 is 0. The standard InChI is InChI=1S/C86H138N22O20/c1-44(2)31-57(97-76(117)59(33-46(5)6)102-83(124)70(49(11)12)106-74(115)56(26-28-69(111)112)95-72(113)54(88)23-18-19-29-87)75(116)99-60(34-47(7)8)81(122)107-71(50(13)14)84(125)103-62(38-53-41-92-43-94-53)79(120)101-63(39-68(90)110)80(121)104-64(35-48(9)10)85(126)108-30-20-24-66(108)82(123)96-55(25-27-67(89)109)73(114)100-61(37-52-40-91-42-93-52)78(119)98-58(32-45(3)4)77(118)105-65(86(127)128)36-51-21-16-15-17-22-51/h15-17,21-22,40-50,54-66,70-71H,18-20,23-39,87-88H2,1-14H3,(H2,89,109)(H2,90,110)(H,91,93)(H,92,94)(H,95,113)(H,96,123)(H,97,117)(H,98,119)(H,99,116)(H,100,114)(H,101,120)(H,102,124)(H,103,125)(H,104,121)(H,105,118)(H,106,115)(H,107,122)(H,111,112)(H,127,128)/t54-,55-,56-,57-,58-,59-,60-,61-,62-,63-,64-,65-,66-,70-,71-/m0/s1. The number of hydrogen-bond acceptors (Lipinski definition) is 22. The van der Waals surface area contributed by atoms with E-state index in [1.54, 1.807) is 127 Å². The Morgan fingerprint density at radius 1 is 0.414 bits per heavy atom. The van der Waals surface area contributed by atoms with Gasteiger partial charge in [-0.15, -0.1) is 0 Å². The van der Waals surface area contributed by atoms with Crippen LogP contribution >= 0.6 is 0 Å². The van der Waals surface area contributed by atoms with Crippen LogP contribution in [-0.4, -0.2) is 245 Å². The first-order valence-electron chi connectivity index (χ1n) is 43.9. The van der Waals surface area contributed by atoms with Crippen LogP contribution in [0.2, 0.25) is 0 Å². The molecule has 128 heavy (non-hydrogen) atoms. The van der Waals surface area contributed by atoms with Crippen molar-refractivity contribution < 1.29 is 96.5 Å². The topological polar surface area (TPSA) is 669 Å². The molecule has 0 aliphatic carbocycles. The van der Waals surface area contributed by atoms with Gasteiger partial charge in [-0.25, -0.2) is 14.8 Å². The summed E-state index contributed by atoms with van der Waals surface area (Å²) in [6.45, 7) is 24.4. The molecule has 3 heterocycles. The van der Waals surface area contributed by atoms with Crippen molar-refractivity contribution in [2.75, 3.05) is 13.1 Å². The third kappa shape index (κ3) is 38.3. The number of nitrogens with one attached hydrogen (secondary N) is 15. The summed E-state index contributed by atoms with van der Waals surface area (Å²) >= 11 is 0. The predicted octanol–water partition coefficient (Wildman–Crippen LogP) is -1.46. The fraction of sp³-hybridized carbons (Fsp3) is 0.651. The van der Waals surface area contributed by atoms with Crippen molar-refractivity contribution in [3.05, 3.63) is 72.3 Å². The average Bonchev–Trinajstić information content (AvgIpc) is 1.61. The normalized spacial score (nSPS) is 16.0. The van der Waals surface area contributed by atoms with Gasteiger partial charge in [0.05, 0.1) is 25.1 Å². The largest absolute Gasteiger partial charge is 0.481 e. The number of rotatable bonds is 58. The number of carboxylic acids is 2. The molecule has 0 saturated carbocycles. The number of unbranched alkanes of at least 4 members (excludes halogenated alkanes) is 1. The monoisotopic (exact) mass is 1800 g/mol. The minimum atomic E-state index is -1.84. The van der Waals surface area contributed by atoms with E-state index in [1.807, 2.05) is 0 Å². The van der Waals surface area contributed by atoms with Crippen LogP contribution in [0.15, 0.2) is 55.4 Å². The number of aromatic amines is 2. The summed E-state index contributed by atoms with van der Waals surface area (Å²) in [6, 6.07) is -12.9. The van der Waals surface area contributed by atoms with Crippen LogP contribution < -0.4 is 92.1 Å². The van der Waals surface area contributed by atoms with E-state index in [9.17, 15) is 96.5 Å². The van der Waals surface area contributed by atoms with Crippen molar-refractivity contribution in [3.8, 4) is 0 Å². The van der Waals surface area contributed by atoms with Gasteiger partial charge in [-0.1, -0.05) is 134 Å². The second-order valence-corrected chi connectivity index (χ2v) is 35.6. The third-order valence-corrected chi connectivity index (χ3v) is 21.1. The maximum atomic E-state index is 15.0. The Kier molecular flexibility index (Phi) is 45.9. The van der Waals surface area contributed by atoms with Crippen LogP contribution in [0.5, 0.6) is 0 Å². The van der Waals surface area contributed by atoms with Crippen molar-refractivity contribution in [1.29, 1.82) is 0 Å². The van der Waals surface area contributed by atoms with Gasteiger partial charge in [-0.3, -0.25) is 81.5 Å². The second kappa shape index (κ2) is 54.3. The van der Waals surface area contributed by atoms with Gasteiger partial charge in [-0.05, 0) is 124 Å². The summed E-state index contributed by atoms with van der Waals surface area (Å²) in [6.07, 6.45) is 3.55. The van der Waals surface area contributed by atoms with E-state index in [1.165, 1.54) is 29.9 Å². The zero-order valence-corrected chi connectivity index (χ0v) is 75.9. The molecule has 42 nitrogen and oxygen atoms in total. The fourth-order valence-electron chi connectivity index (χ4n) is 14.4. The molecule has 25 N–H and O–H groups in total. The van der Waals surface area contributed by atoms with E-state index in [2.05, 4.69) is 89.1 Å². The van der Waals surface area contributed by atoms with E-state index in [0.717, 1.165) is 0 Å². The van der Waals surface area contributed by atoms with E-state index in [4.69, 9.17) is 22.9 Å². The summed E-state index contributed by atoms with van der Waals surface area (Å²) in [5.74, 6) is -19.7. The van der Waals surface area contributed by atoms with Crippen LogP contribution in [-0.2, 0) is 106 Å². The van der Waals surface area contributed by atoms with Gasteiger partial charge < -0.3 is 117 Å². The number of nitrogens with zero attached hydrogens (tertiary/aromatic N) is 3. The molecule has 0 spiro atoms. The Morgan fingerprint density at radius 2 is 0.781 bits per heavy atom. The fourth-order valence-corrected chi connectivity index (χ4v) is 14.4. The molecule has 1 aliphatic rings. The predicted molar refractivity (Wildman–Crippen MR) is 469 cm³/mol. The second-order valence-electron chi connectivity index (χ2n) is 35.6. The van der Waals surface area contributed by atoms with Gasteiger partial charge >= 0.3 is 11.9 Å². The Bertz CT molecular complexity index is 4180. The van der Waals surface area contributed by atoms with Crippen LogP contribution in [0.4, 0.5) is 0 Å². The molecule has 0 radical (unpaired) electrons. The van der Waals surface area contributed by atoms with Crippen LogP contribution in [0.25, 0.3) is 0 Å². The highest BCUT2D eigenvalue weighted by Crippen LogP contribution is 2.23. The Labute approximate surface area is 746 Å². The van der Waals surface area contributed by atoms with Gasteiger partial charge in [0.15, 0.2) is 0 Å². The molecule has 1 saturated heterocycles. The summed E-state index contributed by atoms with van der Waals surface area (Å²) in [5, 5.41) is 53.9. The minimum absolute atomic E-state index is 0.0124. The molecule has 1 fully saturated rings. The molecular formula is C86H138N22O20. The van der Waals surface area contributed by atoms with E-state index in [0.29, 0.717) is 30.6 Å². The lowest BCUT2D eigenvalue weighted by Crippen LogP contribution is -2.62. The minimum Gasteiger partial charge on any atom is -0.481 e. The molecule has 16 amide bonds. The number of imidazole rings is 2. The molecular weight excluding hydrogens is 1660 g/mol. The molecule has 42 heteroatoms. The number of carbonyl (C=O) groups excluding carboxylic acids is 16. The first-order valence-corrected chi connectivity index (χ1v) is 43.9. The maximum absolute atomic E-state index is 15.0. The zero-order valence-electron chi connectivity index (χ0n) is 75.9. The average molecular weight is 1800 g/mol. The lowest BCUT2D eigenvalue weighted by atomic mass is 9.97. The Balaban J connectivity index is 1.58. The molecule has 3 aromatic rings. The molecule has 0 unspecified atom stereocenters. The number of primary amides is 2. The number of amides is 16. The number of aliphatic carboxylic acids is 2. The molecule has 0 bridgehead atoms. The number of H-pyrrole nitrogens is 2. The lowest BCUT2D eigenvalue weighted by molar-refractivity contribution is -0.143. The number of aromatic nitrogens is 4. The van der Waals surface area contributed by atoms with E-state index < -0.39 is 235 Å². The van der Waals surface area contributed by atoms with Crippen molar-refractivity contribution in [2.24, 2.45) is 64.4 Å². The molecule has 4 rings (SSSR count). The van der Waals surface area contributed by atoms with Gasteiger partial charge in [-0.2, -0.15) is 0 Å². The third-order valence-electron chi connectivity index (χ3n) is 21.1. The molecule has 712 valence electrons. The van der Waals surface area contributed by atoms with Crippen molar-refractivity contribution in [2.45, 2.75) is 303 Å². The molecule has 1 aromatic carbocycles. The van der Waals surface area contributed by atoms with Gasteiger partial charge in [0.2, 0.25) is 94.5 Å². The van der Waals surface area contributed by atoms with Crippen LogP contribution in [0.3, 0.4) is 0 Å². The SMILES string of the molecule is CC(C)C[C@H](NC(=O)[C@H](Cc1cnc[nH]1)NC(=O)[C@H](CCC(N)=O)NC(=O)[C@@H]1CCCN1C(=O)[C@H](CC(C)C)NC(=O)[C@H](CC(N)=O)NC(=O)[C@H](Cc1cnc[nH]1)NC(=O)[C@@H](NC(=O)[C@H](CC(C)C)NC(=O)[C@H](CC(C)C)NC(=O)[C@H](CC(C)C)NC(=O)[C@@H](NC(=O)[C@H](CCC(=O)O)NC(=O)[C@@H](N)CCCCN)C(C)C)C(C)C)C(=O)N[C@@H](Cc1ccccc1)C(=O)O. The first-order chi connectivity index (χ1) is 60.2. The highest BCUT2D eigenvalue weighted by atomic mass is 16.4. The number of benzene rings is 1. The smallest absolute Gasteiger partial charge is 0.326 e. The number of carboxylic acid groups (broad SMARTS) is 2. The Morgan fingerprint density at radius 3 is 1.20 bits per heavy atom. The number of hydrogen-bond donors (Lipinski definition) is 21. The first kappa shape index (κ1) is 108. The number of nitrogens with two attached hydrogens (primary N) is 4. The van der Waals surface area contributed by atoms with E-state index in [-0.39, 0.29) is 119 Å². The molecule has 15 atom stereocenters. The van der Waals surface area contributed by atoms with E-state index >= 15 is 0 Å². The van der Waals surface area contributed by atoms with Crippen molar-refractivity contribution >= 4 is 106 Å². The Hall–Kier alpha value is -12.0. The maximum Gasteiger partial charge on any atom is 0.326 e. The van der Waals surface area contributed by atoms with Gasteiger partial charge in [0.1, 0.15) is 84.6 Å². The van der Waals surface area contributed by atoms with Gasteiger partial charge in [0.25, 0.3) is 0 Å². The summed E-state index contributed by atoms with van der Waals surface area (Å²) in [5.41, 5.74) is 24.2. The zero-order chi connectivity index (χ0) is 95.9.